The molecule has 0 aliphatic carbocycles. The zero-order chi connectivity index (χ0) is 19.5. The van der Waals surface area contributed by atoms with Crippen molar-refractivity contribution in [1.82, 2.24) is 14.9 Å². The van der Waals surface area contributed by atoms with Gasteiger partial charge in [-0.15, -0.1) is 0 Å². The molecule has 1 atom stereocenters. The van der Waals surface area contributed by atoms with Gasteiger partial charge >= 0.3 is 0 Å². The Kier molecular flexibility index (Phi) is 5.34. The summed E-state index contributed by atoms with van der Waals surface area (Å²) in [7, 11) is 0. The summed E-state index contributed by atoms with van der Waals surface area (Å²) in [6, 6.07) is 4.15. The van der Waals surface area contributed by atoms with Crippen LogP contribution in [-0.4, -0.2) is 52.9 Å². The van der Waals surface area contributed by atoms with Gasteiger partial charge < -0.3 is 9.64 Å². The average molecular weight is 380 g/mol. The average Bonchev–Trinajstić information content (AvgIpc) is 3.15. The number of rotatable bonds is 5. The molecule has 7 heteroatoms. The molecule has 4 rings (SSSR count). The van der Waals surface area contributed by atoms with Gasteiger partial charge in [0, 0.05) is 56.3 Å². The number of carbonyl (C=O) groups excluding carboxylic acids is 2. The predicted octanol–water partition coefficient (Wildman–Crippen LogP) is 2.19. The first kappa shape index (κ1) is 18.6. The Morgan fingerprint density at radius 2 is 2.11 bits per heavy atom. The van der Waals surface area contributed by atoms with E-state index in [0.717, 1.165) is 60.3 Å². The van der Waals surface area contributed by atoms with Crippen LogP contribution in [0.1, 0.15) is 30.9 Å². The molecular weight excluding hydrogens is 356 g/mol. The molecule has 28 heavy (non-hydrogen) atoms. The highest BCUT2D eigenvalue weighted by molar-refractivity contribution is 5.78. The van der Waals surface area contributed by atoms with E-state index in [1.165, 1.54) is 0 Å². The van der Waals surface area contributed by atoms with E-state index in [0.29, 0.717) is 19.7 Å². The number of aromatic nitrogens is 2. The van der Waals surface area contributed by atoms with Crippen LogP contribution in [-0.2, 0) is 27.4 Å². The van der Waals surface area contributed by atoms with Crippen LogP contribution in [0.3, 0.4) is 0 Å². The normalized spacial score (nSPS) is 18.8. The molecule has 0 spiro atoms. The number of likely N-dealkylation sites (tertiary alicyclic amines) is 1. The second kappa shape index (κ2) is 8.06. The lowest BCUT2D eigenvalue weighted by molar-refractivity contribution is -0.133. The molecule has 1 saturated heterocycles. The van der Waals surface area contributed by atoms with Crippen molar-refractivity contribution in [1.29, 1.82) is 0 Å². The van der Waals surface area contributed by atoms with Gasteiger partial charge in [0.25, 0.3) is 0 Å². The van der Waals surface area contributed by atoms with Gasteiger partial charge in [0.2, 0.25) is 12.3 Å². The highest BCUT2D eigenvalue weighted by Gasteiger charge is 2.22. The van der Waals surface area contributed by atoms with E-state index in [9.17, 15) is 9.59 Å². The lowest BCUT2D eigenvalue weighted by Gasteiger charge is -2.32. The minimum atomic E-state index is 0.0669. The summed E-state index contributed by atoms with van der Waals surface area (Å²) in [4.78, 5) is 34.9. The zero-order valence-electron chi connectivity index (χ0n) is 16.0. The van der Waals surface area contributed by atoms with E-state index in [1.807, 2.05) is 17.3 Å². The van der Waals surface area contributed by atoms with E-state index in [-0.39, 0.29) is 12.0 Å². The third kappa shape index (κ3) is 3.89. The maximum Gasteiger partial charge on any atom is 0.219 e. The van der Waals surface area contributed by atoms with Gasteiger partial charge in [-0.1, -0.05) is 0 Å². The number of nitrogens with zero attached hydrogens (tertiary/aromatic N) is 4. The van der Waals surface area contributed by atoms with Crippen LogP contribution in [0.2, 0.25) is 0 Å². The molecule has 2 aromatic heterocycles. The number of piperidine rings is 1. The van der Waals surface area contributed by atoms with Crippen molar-refractivity contribution in [2.45, 2.75) is 38.9 Å². The highest BCUT2D eigenvalue weighted by Crippen LogP contribution is 2.29. The van der Waals surface area contributed by atoms with Gasteiger partial charge in [0.05, 0.1) is 12.7 Å². The lowest BCUT2D eigenvalue weighted by Crippen LogP contribution is -2.42. The van der Waals surface area contributed by atoms with Gasteiger partial charge in [-0.3, -0.25) is 19.5 Å². The van der Waals surface area contributed by atoms with Gasteiger partial charge in [0.1, 0.15) is 5.82 Å². The summed E-state index contributed by atoms with van der Waals surface area (Å²) in [6.45, 7) is 4.23. The van der Waals surface area contributed by atoms with Gasteiger partial charge in [-0.2, -0.15) is 0 Å². The highest BCUT2D eigenvalue weighted by atomic mass is 16.5. The number of pyridine rings is 2. The van der Waals surface area contributed by atoms with Crippen LogP contribution in [0.4, 0.5) is 5.82 Å². The Morgan fingerprint density at radius 1 is 1.25 bits per heavy atom. The van der Waals surface area contributed by atoms with E-state index < -0.39 is 0 Å². The minimum Gasteiger partial charge on any atom is -0.372 e. The molecule has 1 unspecified atom stereocenters. The number of hydrogen-bond acceptors (Lipinski definition) is 5. The molecule has 2 aliphatic rings. The zero-order valence-corrected chi connectivity index (χ0v) is 16.0. The molecule has 0 saturated carbocycles. The number of hydrogen-bond donors (Lipinski definition) is 0. The predicted molar refractivity (Wildman–Crippen MR) is 105 cm³/mol. The first-order chi connectivity index (χ1) is 13.6. The molecule has 0 radical (unpaired) electrons. The lowest BCUT2D eigenvalue weighted by atomic mass is 10.1. The Labute approximate surface area is 164 Å². The van der Waals surface area contributed by atoms with Gasteiger partial charge in [-0.05, 0) is 42.5 Å². The van der Waals surface area contributed by atoms with E-state index in [4.69, 9.17) is 4.74 Å². The summed E-state index contributed by atoms with van der Waals surface area (Å²) < 4.78 is 6.05. The van der Waals surface area contributed by atoms with Crippen LogP contribution in [0.5, 0.6) is 0 Å². The Morgan fingerprint density at radius 3 is 2.93 bits per heavy atom. The molecule has 1 fully saturated rings. The van der Waals surface area contributed by atoms with E-state index >= 15 is 0 Å². The molecule has 2 amide bonds. The largest absolute Gasteiger partial charge is 0.372 e. The van der Waals surface area contributed by atoms with Crippen molar-refractivity contribution in [2.24, 2.45) is 0 Å². The number of fused-ring (bicyclic) bond motifs is 1. The molecule has 7 nitrogen and oxygen atoms in total. The third-order valence-electron chi connectivity index (χ3n) is 5.40. The maximum atomic E-state index is 11.6. The summed E-state index contributed by atoms with van der Waals surface area (Å²) in [5.41, 5.74) is 4.04. The Hall–Kier alpha value is -2.80. The fourth-order valence-electron chi connectivity index (χ4n) is 3.85. The van der Waals surface area contributed by atoms with Crippen molar-refractivity contribution < 1.29 is 14.3 Å². The second-order valence-corrected chi connectivity index (χ2v) is 7.38. The first-order valence-electron chi connectivity index (χ1n) is 9.66. The number of ether oxygens (including phenoxy) is 1. The number of amides is 2. The van der Waals surface area contributed by atoms with E-state index in [1.54, 1.807) is 18.0 Å². The van der Waals surface area contributed by atoms with E-state index in [2.05, 4.69) is 22.1 Å². The molecule has 0 N–H and O–H groups in total. The van der Waals surface area contributed by atoms with Gasteiger partial charge in [0.15, 0.2) is 0 Å². The monoisotopic (exact) mass is 380 g/mol. The second-order valence-electron chi connectivity index (χ2n) is 7.38. The number of anilines is 1. The van der Waals surface area contributed by atoms with Gasteiger partial charge in [-0.25, -0.2) is 4.98 Å². The fraction of sp³-hybridized carbons (Fsp3) is 0.429. The standard InChI is InChI=1S/C21H24N4O3/c1-15(27)24-5-2-3-20(12-24)28-13-16-7-18(10-22-9-16)19-8-17-4-6-25(14-26)21(17)23-11-19/h7-11,14,20H,2-6,12-13H2,1H3. The smallest absolute Gasteiger partial charge is 0.219 e. The SMILES string of the molecule is CC(=O)N1CCCC(OCc2cncc(-c3cnc4c(c3)CCN4C=O)c2)C1. The Balaban J connectivity index is 1.44. The molecule has 2 aliphatic heterocycles. The van der Waals surface area contributed by atoms with Crippen molar-refractivity contribution in [3.05, 3.63) is 41.9 Å². The van der Waals surface area contributed by atoms with Crippen molar-refractivity contribution in [3.63, 3.8) is 0 Å². The van der Waals surface area contributed by atoms with Crippen LogP contribution < -0.4 is 4.90 Å². The third-order valence-corrected chi connectivity index (χ3v) is 5.40. The van der Waals surface area contributed by atoms with Crippen molar-refractivity contribution in [3.8, 4) is 11.1 Å². The molecule has 0 aromatic carbocycles. The first-order valence-corrected chi connectivity index (χ1v) is 9.66. The molecule has 4 heterocycles. The van der Waals surface area contributed by atoms with Crippen LogP contribution in [0.15, 0.2) is 30.7 Å². The molecule has 2 aromatic rings. The summed E-state index contributed by atoms with van der Waals surface area (Å²) >= 11 is 0. The minimum absolute atomic E-state index is 0.0669. The van der Waals surface area contributed by atoms with Crippen molar-refractivity contribution in [2.75, 3.05) is 24.5 Å². The van der Waals surface area contributed by atoms with Crippen molar-refractivity contribution >= 4 is 18.1 Å². The maximum absolute atomic E-state index is 11.6. The quantitative estimate of drug-likeness (QED) is 0.744. The molecular formula is C21H24N4O3. The Bertz CT molecular complexity index is 886. The topological polar surface area (TPSA) is 75.6 Å². The number of carbonyl (C=O) groups is 2. The molecule has 0 bridgehead atoms. The summed E-state index contributed by atoms with van der Waals surface area (Å²) in [6.07, 6.45) is 9.07. The summed E-state index contributed by atoms with van der Waals surface area (Å²) in [5.74, 6) is 0.854. The summed E-state index contributed by atoms with van der Waals surface area (Å²) in [5, 5.41) is 0. The van der Waals surface area contributed by atoms with Crippen LogP contribution in [0.25, 0.3) is 11.1 Å². The van der Waals surface area contributed by atoms with Crippen LogP contribution >= 0.6 is 0 Å². The fourth-order valence-corrected chi connectivity index (χ4v) is 3.85. The van der Waals surface area contributed by atoms with Crippen LogP contribution in [0, 0.1) is 0 Å². The molecule has 146 valence electrons.